The predicted molar refractivity (Wildman–Crippen MR) is 82.1 cm³/mol. The van der Waals surface area contributed by atoms with E-state index in [9.17, 15) is 18.0 Å². The topological polar surface area (TPSA) is 38.3 Å². The summed E-state index contributed by atoms with van der Waals surface area (Å²) in [5.41, 5.74) is 0.101. The minimum Gasteiger partial charge on any atom is -0.497 e. The molecule has 2 aromatic carbocycles. The number of carbonyl (C=O) groups is 1. The Hall–Kier alpha value is -2.76. The van der Waals surface area contributed by atoms with E-state index in [1.165, 1.54) is 31.4 Å². The van der Waals surface area contributed by atoms with Gasteiger partial charge in [0, 0.05) is 11.8 Å². The average Bonchev–Trinajstić information content (AvgIpc) is 2.53. The fraction of sp³-hybridized carbons (Fsp3) is 0.118. The summed E-state index contributed by atoms with van der Waals surface area (Å²) in [6.07, 6.45) is -1.90. The number of benzene rings is 2. The van der Waals surface area contributed by atoms with E-state index in [4.69, 9.17) is 4.74 Å². The second-order valence-corrected chi connectivity index (χ2v) is 4.67. The van der Waals surface area contributed by atoms with E-state index in [0.717, 1.165) is 12.1 Å². The first-order chi connectivity index (χ1) is 10.9. The van der Waals surface area contributed by atoms with Crippen LogP contribution >= 0.6 is 0 Å². The molecule has 0 aromatic heterocycles. The van der Waals surface area contributed by atoms with Gasteiger partial charge in [-0.15, -0.1) is 0 Å². The molecule has 0 fully saturated rings. The molecular weight excluding hydrogens is 307 g/mol. The van der Waals surface area contributed by atoms with Gasteiger partial charge in [0.25, 0.3) is 0 Å². The van der Waals surface area contributed by atoms with Crippen LogP contribution in [0, 0.1) is 0 Å². The van der Waals surface area contributed by atoms with E-state index >= 15 is 0 Å². The van der Waals surface area contributed by atoms with E-state index in [-0.39, 0.29) is 0 Å². The second-order valence-electron chi connectivity index (χ2n) is 4.67. The molecule has 120 valence electrons. The maximum absolute atomic E-state index is 12.6. The van der Waals surface area contributed by atoms with Crippen LogP contribution in [0.5, 0.6) is 5.75 Å². The summed E-state index contributed by atoms with van der Waals surface area (Å²) in [5, 5.41) is 2.60. The lowest BCUT2D eigenvalue weighted by atomic mass is 10.1. The van der Waals surface area contributed by atoms with Crippen molar-refractivity contribution in [1.29, 1.82) is 0 Å². The lowest BCUT2D eigenvalue weighted by molar-refractivity contribution is -0.137. The zero-order valence-corrected chi connectivity index (χ0v) is 12.2. The number of hydrogen-bond acceptors (Lipinski definition) is 2. The molecule has 0 heterocycles. The van der Waals surface area contributed by atoms with Crippen molar-refractivity contribution in [3.8, 4) is 5.75 Å². The maximum atomic E-state index is 12.6. The van der Waals surface area contributed by atoms with Gasteiger partial charge in [0.1, 0.15) is 5.75 Å². The molecule has 1 amide bonds. The third kappa shape index (κ3) is 4.88. The van der Waals surface area contributed by atoms with E-state index in [1.807, 2.05) is 0 Å². The van der Waals surface area contributed by atoms with E-state index in [1.54, 1.807) is 24.3 Å². The molecule has 0 aliphatic carbocycles. The number of alkyl halides is 3. The molecular formula is C17H14F3NO2. The zero-order chi connectivity index (χ0) is 16.9. The molecule has 0 saturated heterocycles. The smallest absolute Gasteiger partial charge is 0.416 e. The molecule has 23 heavy (non-hydrogen) atoms. The van der Waals surface area contributed by atoms with Gasteiger partial charge in [-0.2, -0.15) is 13.2 Å². The number of methoxy groups -OCH3 is 1. The standard InChI is InChI=1S/C17H14F3NO2/c1-23-15-8-6-14(7-9-15)21-16(22)10-5-12-3-2-4-13(11-12)17(18,19)20/h2-11H,1H3,(H,21,22)/b10-5+. The molecule has 0 saturated carbocycles. The predicted octanol–water partition coefficient (Wildman–Crippen LogP) is 4.37. The van der Waals surface area contributed by atoms with Gasteiger partial charge in [-0.3, -0.25) is 4.79 Å². The van der Waals surface area contributed by atoms with Crippen LogP contribution < -0.4 is 10.1 Å². The third-order valence-corrected chi connectivity index (χ3v) is 3.00. The van der Waals surface area contributed by atoms with Crippen molar-refractivity contribution in [2.75, 3.05) is 12.4 Å². The molecule has 3 nitrogen and oxygen atoms in total. The summed E-state index contributed by atoms with van der Waals surface area (Å²) < 4.78 is 42.8. The highest BCUT2D eigenvalue weighted by Crippen LogP contribution is 2.29. The summed E-state index contributed by atoms with van der Waals surface area (Å²) in [6.45, 7) is 0. The van der Waals surface area contributed by atoms with Crippen LogP contribution in [0.2, 0.25) is 0 Å². The minimum atomic E-state index is -4.41. The highest BCUT2D eigenvalue weighted by molar-refractivity contribution is 6.01. The highest BCUT2D eigenvalue weighted by Gasteiger charge is 2.30. The summed E-state index contributed by atoms with van der Waals surface area (Å²) in [5.74, 6) is 0.218. The molecule has 2 aromatic rings. The van der Waals surface area contributed by atoms with Crippen molar-refractivity contribution in [3.05, 3.63) is 65.7 Å². The Labute approximate surface area is 131 Å². The monoisotopic (exact) mass is 321 g/mol. The Morgan fingerprint density at radius 1 is 1.13 bits per heavy atom. The molecule has 0 unspecified atom stereocenters. The van der Waals surface area contributed by atoms with Crippen LogP contribution in [-0.4, -0.2) is 13.0 Å². The van der Waals surface area contributed by atoms with Crippen LogP contribution in [0.25, 0.3) is 6.08 Å². The van der Waals surface area contributed by atoms with Gasteiger partial charge >= 0.3 is 6.18 Å². The molecule has 0 bridgehead atoms. The van der Waals surface area contributed by atoms with E-state index < -0.39 is 17.6 Å². The first-order valence-corrected chi connectivity index (χ1v) is 6.69. The number of hydrogen-bond donors (Lipinski definition) is 1. The van der Waals surface area contributed by atoms with Crippen LogP contribution in [0.15, 0.2) is 54.6 Å². The Morgan fingerprint density at radius 3 is 2.43 bits per heavy atom. The molecule has 0 spiro atoms. The molecule has 2 rings (SSSR count). The molecule has 6 heteroatoms. The zero-order valence-electron chi connectivity index (χ0n) is 12.2. The van der Waals surface area contributed by atoms with Crippen molar-refractivity contribution in [2.24, 2.45) is 0 Å². The van der Waals surface area contributed by atoms with Gasteiger partial charge in [-0.1, -0.05) is 12.1 Å². The lowest BCUT2D eigenvalue weighted by Crippen LogP contribution is -2.07. The molecule has 1 N–H and O–H groups in total. The molecule has 0 aliphatic rings. The number of rotatable bonds is 4. The number of ether oxygens (including phenoxy) is 1. The van der Waals surface area contributed by atoms with Crippen molar-refractivity contribution in [1.82, 2.24) is 0 Å². The Morgan fingerprint density at radius 2 is 1.83 bits per heavy atom. The summed E-state index contributed by atoms with van der Waals surface area (Å²) in [4.78, 5) is 11.8. The quantitative estimate of drug-likeness (QED) is 0.850. The van der Waals surface area contributed by atoms with Gasteiger partial charge in [-0.25, -0.2) is 0 Å². The average molecular weight is 321 g/mol. The highest BCUT2D eigenvalue weighted by atomic mass is 19.4. The van der Waals surface area contributed by atoms with Gasteiger partial charge in [0.2, 0.25) is 5.91 Å². The van der Waals surface area contributed by atoms with Crippen LogP contribution in [0.3, 0.4) is 0 Å². The Kier molecular flexibility index (Phi) is 5.05. The Bertz CT molecular complexity index is 707. The number of amides is 1. The lowest BCUT2D eigenvalue weighted by Gasteiger charge is -2.06. The number of nitrogens with one attached hydrogen (secondary N) is 1. The number of halogens is 3. The van der Waals surface area contributed by atoms with Gasteiger partial charge in [-0.05, 0) is 48.0 Å². The van der Waals surface area contributed by atoms with Crippen molar-refractivity contribution >= 4 is 17.7 Å². The summed E-state index contributed by atoms with van der Waals surface area (Å²) >= 11 is 0. The fourth-order valence-electron chi connectivity index (χ4n) is 1.85. The third-order valence-electron chi connectivity index (χ3n) is 3.00. The number of anilines is 1. The SMILES string of the molecule is COc1ccc(NC(=O)/C=C/c2cccc(C(F)(F)F)c2)cc1. The van der Waals surface area contributed by atoms with Crippen LogP contribution in [0.4, 0.5) is 18.9 Å². The van der Waals surface area contributed by atoms with Crippen LogP contribution in [-0.2, 0) is 11.0 Å². The minimum absolute atomic E-state index is 0.296. The molecule has 0 aliphatic heterocycles. The Balaban J connectivity index is 2.03. The first kappa shape index (κ1) is 16.6. The van der Waals surface area contributed by atoms with Crippen molar-refractivity contribution < 1.29 is 22.7 Å². The van der Waals surface area contributed by atoms with Gasteiger partial charge < -0.3 is 10.1 Å². The second kappa shape index (κ2) is 7.00. The molecule has 0 radical (unpaired) electrons. The first-order valence-electron chi connectivity index (χ1n) is 6.69. The van der Waals surface area contributed by atoms with Crippen LogP contribution in [0.1, 0.15) is 11.1 Å². The van der Waals surface area contributed by atoms with E-state index in [2.05, 4.69) is 5.32 Å². The largest absolute Gasteiger partial charge is 0.497 e. The normalized spacial score (nSPS) is 11.5. The van der Waals surface area contributed by atoms with Crippen molar-refractivity contribution in [2.45, 2.75) is 6.18 Å². The molecule has 0 atom stereocenters. The summed E-state index contributed by atoms with van der Waals surface area (Å²) in [7, 11) is 1.53. The van der Waals surface area contributed by atoms with Gasteiger partial charge in [0.05, 0.1) is 12.7 Å². The summed E-state index contributed by atoms with van der Waals surface area (Å²) in [6, 6.07) is 11.4. The number of carbonyl (C=O) groups excluding carboxylic acids is 1. The van der Waals surface area contributed by atoms with Gasteiger partial charge in [0.15, 0.2) is 0 Å². The fourth-order valence-corrected chi connectivity index (χ4v) is 1.85. The van der Waals surface area contributed by atoms with E-state index in [0.29, 0.717) is 17.0 Å². The van der Waals surface area contributed by atoms with Crippen molar-refractivity contribution in [3.63, 3.8) is 0 Å². The maximum Gasteiger partial charge on any atom is 0.416 e.